The quantitative estimate of drug-likeness (QED) is 0.386. The van der Waals surface area contributed by atoms with Gasteiger partial charge < -0.3 is 4.43 Å². The van der Waals surface area contributed by atoms with Crippen LogP contribution in [0.4, 0.5) is 0 Å². The van der Waals surface area contributed by atoms with Crippen molar-refractivity contribution < 1.29 is 14.0 Å². The highest BCUT2D eigenvalue weighted by molar-refractivity contribution is 7.80. The highest BCUT2D eigenvalue weighted by atomic mass is 32.1. The zero-order valence-electron chi connectivity index (χ0n) is 12.0. The highest BCUT2D eigenvalue weighted by Gasteiger charge is 2.25. The molecule has 21 heavy (non-hydrogen) atoms. The van der Waals surface area contributed by atoms with Gasteiger partial charge in [0.15, 0.2) is 5.11 Å². The lowest BCUT2D eigenvalue weighted by molar-refractivity contribution is -0.123. The summed E-state index contributed by atoms with van der Waals surface area (Å²) in [6.07, 6.45) is 1.52. The zero-order valence-corrected chi connectivity index (χ0v) is 13.8. The molecule has 0 aromatic heterocycles. The molecule has 0 unspecified atom stereocenters. The largest absolute Gasteiger partial charge is 0.544 e. The maximum Gasteiger partial charge on any atom is 0.263 e. The zero-order chi connectivity index (χ0) is 15.6. The van der Waals surface area contributed by atoms with Crippen LogP contribution in [-0.4, -0.2) is 25.2 Å². The Morgan fingerprint density at radius 3 is 2.05 bits per heavy atom. The van der Waals surface area contributed by atoms with E-state index in [0.29, 0.717) is 0 Å². The first kappa shape index (κ1) is 15.4. The Bertz CT molecular complexity index is 611. The van der Waals surface area contributed by atoms with Gasteiger partial charge in [-0.1, -0.05) is 12.1 Å². The first-order valence-corrected chi connectivity index (χ1v) is 10.2. The van der Waals surface area contributed by atoms with Gasteiger partial charge in [0.25, 0.3) is 11.8 Å². The van der Waals surface area contributed by atoms with Gasteiger partial charge in [-0.2, -0.15) is 0 Å². The third-order valence-electron chi connectivity index (χ3n) is 2.56. The topological polar surface area (TPSA) is 67.4 Å². The number of nitrogens with one attached hydrogen (secondary N) is 2. The average Bonchev–Trinajstić information content (AvgIpc) is 2.34. The summed E-state index contributed by atoms with van der Waals surface area (Å²) in [5.41, 5.74) is 0.772. The minimum Gasteiger partial charge on any atom is -0.544 e. The van der Waals surface area contributed by atoms with Gasteiger partial charge in [0.1, 0.15) is 11.3 Å². The molecule has 1 heterocycles. The molecule has 7 heteroatoms. The van der Waals surface area contributed by atoms with Gasteiger partial charge in [-0.25, -0.2) is 0 Å². The fourth-order valence-corrected chi connectivity index (χ4v) is 2.79. The first-order valence-electron chi connectivity index (χ1n) is 6.42. The Labute approximate surface area is 129 Å². The maximum absolute atomic E-state index is 11.7. The molecule has 1 fully saturated rings. The van der Waals surface area contributed by atoms with E-state index >= 15 is 0 Å². The van der Waals surface area contributed by atoms with E-state index in [-0.39, 0.29) is 10.7 Å². The van der Waals surface area contributed by atoms with E-state index in [4.69, 9.17) is 16.6 Å². The predicted molar refractivity (Wildman–Crippen MR) is 87.3 cm³/mol. The molecule has 1 aromatic rings. The summed E-state index contributed by atoms with van der Waals surface area (Å²) in [4.78, 5) is 23.5. The van der Waals surface area contributed by atoms with E-state index in [0.717, 1.165) is 11.3 Å². The van der Waals surface area contributed by atoms with Gasteiger partial charge in [0.2, 0.25) is 8.32 Å². The lowest BCUT2D eigenvalue weighted by atomic mass is 10.1. The van der Waals surface area contributed by atoms with Crippen molar-refractivity contribution in [3.8, 4) is 5.75 Å². The van der Waals surface area contributed by atoms with Crippen LogP contribution in [0.2, 0.25) is 19.6 Å². The van der Waals surface area contributed by atoms with Crippen LogP contribution in [0, 0.1) is 0 Å². The molecule has 0 atom stereocenters. The summed E-state index contributed by atoms with van der Waals surface area (Å²) in [6, 6.07) is 7.26. The molecule has 1 aromatic carbocycles. The number of benzene rings is 1. The van der Waals surface area contributed by atoms with Crippen molar-refractivity contribution in [3.05, 3.63) is 35.4 Å². The van der Waals surface area contributed by atoms with Crippen LogP contribution in [-0.2, 0) is 9.59 Å². The van der Waals surface area contributed by atoms with Gasteiger partial charge in [0, 0.05) is 0 Å². The minimum atomic E-state index is -1.65. The highest BCUT2D eigenvalue weighted by Crippen LogP contribution is 2.18. The molecule has 110 valence electrons. The maximum atomic E-state index is 11.7. The van der Waals surface area contributed by atoms with Crippen LogP contribution < -0.4 is 15.1 Å². The Kier molecular flexibility index (Phi) is 4.24. The molecule has 0 aliphatic carbocycles. The molecule has 2 amide bonds. The van der Waals surface area contributed by atoms with Gasteiger partial charge >= 0.3 is 0 Å². The second-order valence-corrected chi connectivity index (χ2v) is 10.4. The number of rotatable bonds is 3. The smallest absolute Gasteiger partial charge is 0.263 e. The summed E-state index contributed by atoms with van der Waals surface area (Å²) in [5.74, 6) is -0.201. The number of hydrogen-bond acceptors (Lipinski definition) is 4. The van der Waals surface area contributed by atoms with Gasteiger partial charge in [-0.05, 0) is 55.6 Å². The summed E-state index contributed by atoms with van der Waals surface area (Å²) >= 11 is 4.74. The van der Waals surface area contributed by atoms with Crippen molar-refractivity contribution >= 4 is 43.5 Å². The Balaban J connectivity index is 2.19. The molecule has 5 nitrogen and oxygen atoms in total. The molecule has 2 N–H and O–H groups in total. The van der Waals surface area contributed by atoms with Crippen molar-refractivity contribution in [2.75, 3.05) is 0 Å². The normalized spacial score (nSPS) is 15.4. The predicted octanol–water partition coefficient (Wildman–Crippen LogP) is 1.81. The van der Waals surface area contributed by atoms with Gasteiger partial charge in [-0.3, -0.25) is 20.2 Å². The molecular weight excluding hydrogens is 304 g/mol. The lowest BCUT2D eigenvalue weighted by Crippen LogP contribution is -2.51. The Morgan fingerprint density at radius 2 is 1.57 bits per heavy atom. The lowest BCUT2D eigenvalue weighted by Gasteiger charge is -2.19. The molecule has 1 saturated heterocycles. The third-order valence-corrected chi connectivity index (χ3v) is 3.61. The SMILES string of the molecule is C[Si](C)(C)Oc1ccc(C=C2C(=O)NC(=S)NC2=O)cc1. The molecule has 0 radical (unpaired) electrons. The molecule has 1 aliphatic heterocycles. The summed E-state index contributed by atoms with van der Waals surface area (Å²) in [7, 11) is -1.65. The van der Waals surface area contributed by atoms with E-state index in [2.05, 4.69) is 30.3 Å². The Hall–Kier alpha value is -1.99. The fourth-order valence-electron chi connectivity index (χ4n) is 1.76. The number of carbonyl (C=O) groups excluding carboxylic acids is 2. The van der Waals surface area contributed by atoms with Crippen LogP contribution in [0.15, 0.2) is 29.8 Å². The molecule has 2 rings (SSSR count). The van der Waals surface area contributed by atoms with Gasteiger partial charge in [0.05, 0.1) is 0 Å². The van der Waals surface area contributed by atoms with Crippen molar-refractivity contribution in [1.82, 2.24) is 10.6 Å². The monoisotopic (exact) mass is 320 g/mol. The Morgan fingerprint density at radius 1 is 1.05 bits per heavy atom. The number of hydrogen-bond donors (Lipinski definition) is 2. The van der Waals surface area contributed by atoms with E-state index in [1.165, 1.54) is 6.08 Å². The van der Waals surface area contributed by atoms with Crippen molar-refractivity contribution in [2.45, 2.75) is 19.6 Å². The van der Waals surface area contributed by atoms with E-state index in [9.17, 15) is 9.59 Å². The van der Waals surface area contributed by atoms with E-state index < -0.39 is 20.1 Å². The fraction of sp³-hybridized carbons (Fsp3) is 0.214. The van der Waals surface area contributed by atoms with Crippen molar-refractivity contribution in [2.24, 2.45) is 0 Å². The van der Waals surface area contributed by atoms with E-state index in [1.807, 2.05) is 12.1 Å². The van der Waals surface area contributed by atoms with Crippen LogP contribution in [0.1, 0.15) is 5.56 Å². The second-order valence-electron chi connectivity index (χ2n) is 5.58. The second kappa shape index (κ2) is 5.78. The molecule has 1 aliphatic rings. The standard InChI is InChI=1S/C14H16N2O3SSi/c1-21(2,3)19-10-6-4-9(5-7-10)8-11-12(17)15-14(20)16-13(11)18/h4-8H,1-3H3,(H2,15,16,17,18,20). The molecular formula is C14H16N2O3SSi. The van der Waals surface area contributed by atoms with Crippen LogP contribution >= 0.6 is 12.2 Å². The van der Waals surface area contributed by atoms with E-state index in [1.54, 1.807) is 12.1 Å². The van der Waals surface area contributed by atoms with Crippen LogP contribution in [0.5, 0.6) is 5.75 Å². The van der Waals surface area contributed by atoms with Crippen LogP contribution in [0.3, 0.4) is 0 Å². The number of carbonyl (C=O) groups is 2. The number of amides is 2. The molecule has 0 spiro atoms. The molecule has 0 bridgehead atoms. The third kappa shape index (κ3) is 4.23. The first-order chi connectivity index (χ1) is 9.74. The minimum absolute atomic E-state index is 0.0287. The van der Waals surface area contributed by atoms with Crippen molar-refractivity contribution in [1.29, 1.82) is 0 Å². The van der Waals surface area contributed by atoms with Crippen molar-refractivity contribution in [3.63, 3.8) is 0 Å². The van der Waals surface area contributed by atoms with Gasteiger partial charge in [-0.15, -0.1) is 0 Å². The summed E-state index contributed by atoms with van der Waals surface area (Å²) < 4.78 is 5.85. The summed E-state index contributed by atoms with van der Waals surface area (Å²) in [5, 5.41) is 4.82. The average molecular weight is 320 g/mol. The summed E-state index contributed by atoms with van der Waals surface area (Å²) in [6.45, 7) is 6.30. The molecule has 0 saturated carbocycles. The number of thiocarbonyl (C=S) groups is 1. The van der Waals surface area contributed by atoms with Crippen LogP contribution in [0.25, 0.3) is 6.08 Å².